The third-order valence-corrected chi connectivity index (χ3v) is 3.51. The van der Waals surface area contributed by atoms with Gasteiger partial charge in [0.15, 0.2) is 0 Å². The Balaban J connectivity index is 2.51. The summed E-state index contributed by atoms with van der Waals surface area (Å²) in [5, 5.41) is 11.0. The average molecular weight is 335 g/mol. The minimum atomic E-state index is -1.05. The van der Waals surface area contributed by atoms with Crippen molar-refractivity contribution in [1.82, 2.24) is 0 Å². The van der Waals surface area contributed by atoms with Crippen molar-refractivity contribution in [3.63, 3.8) is 0 Å². The summed E-state index contributed by atoms with van der Waals surface area (Å²) in [6, 6.07) is 11.0. The number of methoxy groups -OCH3 is 2. The molecule has 0 aliphatic heterocycles. The van der Waals surface area contributed by atoms with Crippen molar-refractivity contribution >= 4 is 23.5 Å². The Hall–Kier alpha value is -2.37. The molecule has 0 aliphatic rings. The number of carbonyl (C=O) groups excluding carboxylic acids is 2. The fourth-order valence-corrected chi connectivity index (χ4v) is 2.35. The van der Waals surface area contributed by atoms with Crippen LogP contribution in [0.1, 0.15) is 37.9 Å². The van der Waals surface area contributed by atoms with Crippen molar-refractivity contribution in [2.75, 3.05) is 14.2 Å². The van der Waals surface area contributed by atoms with Gasteiger partial charge in [-0.05, 0) is 41.5 Å². The van der Waals surface area contributed by atoms with E-state index in [-0.39, 0.29) is 11.1 Å². The van der Waals surface area contributed by atoms with Crippen LogP contribution in [0.15, 0.2) is 42.5 Å². The van der Waals surface area contributed by atoms with Crippen LogP contribution in [0.4, 0.5) is 0 Å². The number of carbonyl (C=O) groups is 2. The van der Waals surface area contributed by atoms with E-state index in [1.54, 1.807) is 24.3 Å². The molecule has 2 aromatic rings. The van der Waals surface area contributed by atoms with Crippen LogP contribution in [0, 0.1) is 0 Å². The van der Waals surface area contributed by atoms with E-state index in [0.29, 0.717) is 16.1 Å². The molecule has 120 valence electrons. The van der Waals surface area contributed by atoms with E-state index in [1.165, 1.54) is 32.4 Å². The van der Waals surface area contributed by atoms with E-state index in [9.17, 15) is 14.7 Å². The van der Waals surface area contributed by atoms with Gasteiger partial charge in [-0.3, -0.25) is 0 Å². The number of aliphatic hydroxyl groups excluding tert-OH is 1. The maximum Gasteiger partial charge on any atom is 0.337 e. The van der Waals surface area contributed by atoms with Gasteiger partial charge in [-0.1, -0.05) is 23.7 Å². The second kappa shape index (κ2) is 7.26. The normalized spacial score (nSPS) is 11.7. The molecule has 2 aromatic carbocycles. The Bertz CT molecular complexity index is 707. The van der Waals surface area contributed by atoms with Crippen LogP contribution >= 0.6 is 11.6 Å². The highest BCUT2D eigenvalue weighted by atomic mass is 35.5. The third kappa shape index (κ3) is 3.88. The van der Waals surface area contributed by atoms with E-state index in [4.69, 9.17) is 11.6 Å². The Morgan fingerprint density at radius 2 is 1.52 bits per heavy atom. The lowest BCUT2D eigenvalue weighted by molar-refractivity contribution is 0.0598. The van der Waals surface area contributed by atoms with Gasteiger partial charge in [-0.15, -0.1) is 0 Å². The number of esters is 2. The summed E-state index contributed by atoms with van der Waals surface area (Å²) >= 11 is 5.93. The zero-order valence-corrected chi connectivity index (χ0v) is 13.3. The van der Waals surface area contributed by atoms with Crippen molar-refractivity contribution in [3.05, 3.63) is 69.7 Å². The van der Waals surface area contributed by atoms with E-state index in [2.05, 4.69) is 9.47 Å². The number of ether oxygens (including phenoxy) is 2. The first-order valence-electron chi connectivity index (χ1n) is 6.71. The molecule has 0 aromatic heterocycles. The molecular weight excluding hydrogens is 320 g/mol. The van der Waals surface area contributed by atoms with Gasteiger partial charge in [0.1, 0.15) is 6.10 Å². The molecule has 5 nitrogen and oxygen atoms in total. The molecule has 0 saturated carbocycles. The van der Waals surface area contributed by atoms with Gasteiger partial charge in [0.25, 0.3) is 0 Å². The average Bonchev–Trinajstić information content (AvgIpc) is 2.59. The van der Waals surface area contributed by atoms with Crippen molar-refractivity contribution in [2.24, 2.45) is 0 Å². The Morgan fingerprint density at radius 1 is 0.957 bits per heavy atom. The van der Waals surface area contributed by atoms with Gasteiger partial charge in [0.2, 0.25) is 0 Å². The van der Waals surface area contributed by atoms with Crippen molar-refractivity contribution in [1.29, 1.82) is 0 Å². The quantitative estimate of drug-likeness (QED) is 0.870. The summed E-state index contributed by atoms with van der Waals surface area (Å²) in [4.78, 5) is 23.5. The number of rotatable bonds is 4. The highest BCUT2D eigenvalue weighted by Crippen LogP contribution is 2.26. The van der Waals surface area contributed by atoms with Gasteiger partial charge in [0.05, 0.1) is 25.3 Å². The molecule has 0 amide bonds. The molecule has 0 aliphatic carbocycles. The molecule has 0 heterocycles. The van der Waals surface area contributed by atoms with Crippen LogP contribution < -0.4 is 0 Å². The van der Waals surface area contributed by atoms with E-state index in [1.807, 2.05) is 0 Å². The van der Waals surface area contributed by atoms with Crippen LogP contribution in [0.2, 0.25) is 5.02 Å². The van der Waals surface area contributed by atoms with E-state index >= 15 is 0 Å². The van der Waals surface area contributed by atoms with Crippen LogP contribution in [0.5, 0.6) is 0 Å². The van der Waals surface area contributed by atoms with Gasteiger partial charge < -0.3 is 14.6 Å². The van der Waals surface area contributed by atoms with Crippen LogP contribution in [-0.2, 0) is 9.47 Å². The van der Waals surface area contributed by atoms with Crippen molar-refractivity contribution < 1.29 is 24.2 Å². The minimum absolute atomic E-state index is 0.145. The Morgan fingerprint density at radius 3 is 2.00 bits per heavy atom. The molecule has 0 saturated heterocycles. The summed E-state index contributed by atoms with van der Waals surface area (Å²) in [5.41, 5.74) is 1.18. The molecule has 0 fully saturated rings. The lowest BCUT2D eigenvalue weighted by Gasteiger charge is -2.14. The topological polar surface area (TPSA) is 72.8 Å². The van der Waals surface area contributed by atoms with Crippen LogP contribution in [0.3, 0.4) is 0 Å². The molecule has 0 bridgehead atoms. The molecule has 6 heteroatoms. The first-order valence-corrected chi connectivity index (χ1v) is 7.09. The summed E-state index contributed by atoms with van der Waals surface area (Å²) < 4.78 is 9.34. The summed E-state index contributed by atoms with van der Waals surface area (Å²) in [6.07, 6.45) is -1.05. The zero-order chi connectivity index (χ0) is 17.0. The molecule has 0 radical (unpaired) electrons. The number of hydrogen-bond donors (Lipinski definition) is 1. The Labute approximate surface area is 138 Å². The molecule has 0 spiro atoms. The lowest BCUT2D eigenvalue weighted by atomic mass is 9.97. The maximum atomic E-state index is 11.8. The number of hydrogen-bond acceptors (Lipinski definition) is 5. The number of benzene rings is 2. The van der Waals surface area contributed by atoms with E-state index < -0.39 is 18.0 Å². The van der Waals surface area contributed by atoms with Gasteiger partial charge in [0, 0.05) is 5.02 Å². The van der Waals surface area contributed by atoms with Crippen molar-refractivity contribution in [3.8, 4) is 0 Å². The predicted molar refractivity (Wildman–Crippen MR) is 84.6 cm³/mol. The van der Waals surface area contributed by atoms with Crippen LogP contribution in [0.25, 0.3) is 0 Å². The fourth-order valence-electron chi connectivity index (χ4n) is 2.15. The smallest absolute Gasteiger partial charge is 0.337 e. The summed E-state index contributed by atoms with van der Waals surface area (Å²) in [5.74, 6) is -1.23. The third-order valence-electron chi connectivity index (χ3n) is 3.28. The SMILES string of the molecule is COC(=O)c1cc(C(=O)OC)cc(C(O)c2cccc(Cl)c2)c1. The molecule has 23 heavy (non-hydrogen) atoms. The second-order valence-electron chi connectivity index (χ2n) is 4.78. The second-order valence-corrected chi connectivity index (χ2v) is 5.22. The highest BCUT2D eigenvalue weighted by Gasteiger charge is 2.18. The molecular formula is C17H15ClO5. The highest BCUT2D eigenvalue weighted by molar-refractivity contribution is 6.30. The summed E-state index contributed by atoms with van der Waals surface area (Å²) in [7, 11) is 2.47. The molecule has 1 unspecified atom stereocenters. The van der Waals surface area contributed by atoms with E-state index in [0.717, 1.165) is 0 Å². The minimum Gasteiger partial charge on any atom is -0.465 e. The standard InChI is InChI=1S/C17H15ClO5/c1-22-16(20)12-6-11(7-13(8-12)17(21)23-2)15(19)10-4-3-5-14(18)9-10/h3-9,15,19H,1-2H3. The van der Waals surface area contributed by atoms with Crippen molar-refractivity contribution in [2.45, 2.75) is 6.10 Å². The van der Waals surface area contributed by atoms with Gasteiger partial charge >= 0.3 is 11.9 Å². The summed E-state index contributed by atoms with van der Waals surface area (Å²) in [6.45, 7) is 0. The largest absolute Gasteiger partial charge is 0.465 e. The maximum absolute atomic E-state index is 11.8. The molecule has 1 N–H and O–H groups in total. The number of aliphatic hydroxyl groups is 1. The number of halogens is 1. The lowest BCUT2D eigenvalue weighted by Crippen LogP contribution is -2.10. The molecule has 2 rings (SSSR count). The fraction of sp³-hybridized carbons (Fsp3) is 0.176. The van der Waals surface area contributed by atoms with Gasteiger partial charge in [-0.25, -0.2) is 9.59 Å². The molecule has 1 atom stereocenters. The monoisotopic (exact) mass is 334 g/mol. The predicted octanol–water partition coefficient (Wildman–Crippen LogP) is 2.99. The first kappa shape index (κ1) is 17.0. The van der Waals surface area contributed by atoms with Crippen LogP contribution in [-0.4, -0.2) is 31.3 Å². The van der Waals surface area contributed by atoms with Gasteiger partial charge in [-0.2, -0.15) is 0 Å². The zero-order valence-electron chi connectivity index (χ0n) is 12.6. The first-order chi connectivity index (χ1) is 11.0. The Kier molecular flexibility index (Phi) is 5.36.